The van der Waals surface area contributed by atoms with E-state index in [-0.39, 0.29) is 0 Å². The summed E-state index contributed by atoms with van der Waals surface area (Å²) in [6.45, 7) is 4.80. The number of nitrogens with zero attached hydrogens (tertiary/aromatic N) is 2. The van der Waals surface area contributed by atoms with Gasteiger partial charge in [0.05, 0.1) is 0 Å². The van der Waals surface area contributed by atoms with Gasteiger partial charge in [0.1, 0.15) is 0 Å². The summed E-state index contributed by atoms with van der Waals surface area (Å²) in [4.78, 5) is 14.8. The van der Waals surface area contributed by atoms with E-state index in [0.29, 0.717) is 0 Å². The molecule has 1 fully saturated rings. The molecule has 1 aromatic carbocycles. The van der Waals surface area contributed by atoms with Crippen molar-refractivity contribution in [2.75, 3.05) is 32.7 Å². The molecule has 0 bridgehead atoms. The van der Waals surface area contributed by atoms with Crippen LogP contribution in [-0.2, 0) is 11.2 Å². The summed E-state index contributed by atoms with van der Waals surface area (Å²) in [7, 11) is 0. The third-order valence-electron chi connectivity index (χ3n) is 3.19. The fourth-order valence-electron chi connectivity index (χ4n) is 2.03. The van der Waals surface area contributed by atoms with Gasteiger partial charge in [0.25, 0.3) is 0 Å². The van der Waals surface area contributed by atoms with Crippen molar-refractivity contribution in [3.8, 4) is 0 Å². The first kappa shape index (κ1) is 12.6. The molecule has 0 atom stereocenters. The van der Waals surface area contributed by atoms with Crippen LogP contribution >= 0.6 is 15.9 Å². The topological polar surface area (TPSA) is 23.6 Å². The van der Waals surface area contributed by atoms with E-state index in [1.807, 2.05) is 4.90 Å². The van der Waals surface area contributed by atoms with E-state index >= 15 is 0 Å². The molecule has 1 aromatic rings. The second-order valence-electron chi connectivity index (χ2n) is 4.36. The molecule has 17 heavy (non-hydrogen) atoms. The standard InChI is InChI=1S/C13H17BrN2O/c14-13-3-1-12(2-4-13)5-6-15-7-9-16(11-17)10-8-15/h1-4,11H,5-10H2. The number of benzene rings is 1. The molecule has 2 rings (SSSR count). The summed E-state index contributed by atoms with van der Waals surface area (Å²) in [5, 5.41) is 0. The van der Waals surface area contributed by atoms with Gasteiger partial charge in [-0.3, -0.25) is 9.69 Å². The molecule has 1 aliphatic rings. The van der Waals surface area contributed by atoms with E-state index < -0.39 is 0 Å². The number of rotatable bonds is 4. The van der Waals surface area contributed by atoms with Crippen LogP contribution in [0.5, 0.6) is 0 Å². The number of carbonyl (C=O) groups excluding carboxylic acids is 1. The Morgan fingerprint density at radius 3 is 2.35 bits per heavy atom. The second kappa shape index (κ2) is 6.17. The van der Waals surface area contributed by atoms with Crippen molar-refractivity contribution < 1.29 is 4.79 Å². The lowest BCUT2D eigenvalue weighted by Crippen LogP contribution is -2.46. The minimum absolute atomic E-state index is 0.865. The minimum atomic E-state index is 0.865. The highest BCUT2D eigenvalue weighted by Crippen LogP contribution is 2.11. The summed E-state index contributed by atoms with van der Waals surface area (Å²) in [6.07, 6.45) is 2.03. The first-order valence-corrected chi connectivity index (χ1v) is 6.73. The van der Waals surface area contributed by atoms with Crippen molar-refractivity contribution in [1.82, 2.24) is 9.80 Å². The average molecular weight is 297 g/mol. The van der Waals surface area contributed by atoms with Crippen LogP contribution in [0.2, 0.25) is 0 Å². The van der Waals surface area contributed by atoms with Crippen LogP contribution < -0.4 is 0 Å². The van der Waals surface area contributed by atoms with Crippen LogP contribution in [-0.4, -0.2) is 48.9 Å². The van der Waals surface area contributed by atoms with Crippen molar-refractivity contribution in [3.05, 3.63) is 34.3 Å². The zero-order chi connectivity index (χ0) is 12.1. The summed E-state index contributed by atoms with van der Waals surface area (Å²) < 4.78 is 1.13. The molecule has 1 saturated heterocycles. The number of piperazine rings is 1. The van der Waals surface area contributed by atoms with E-state index in [1.165, 1.54) is 5.56 Å². The zero-order valence-corrected chi connectivity index (χ0v) is 11.4. The predicted molar refractivity (Wildman–Crippen MR) is 71.9 cm³/mol. The molecule has 92 valence electrons. The van der Waals surface area contributed by atoms with E-state index in [9.17, 15) is 4.79 Å². The lowest BCUT2D eigenvalue weighted by molar-refractivity contribution is -0.119. The van der Waals surface area contributed by atoms with Gasteiger partial charge in [0.2, 0.25) is 6.41 Å². The maximum absolute atomic E-state index is 10.6. The summed E-state index contributed by atoms with van der Waals surface area (Å²) in [5.41, 5.74) is 1.37. The van der Waals surface area contributed by atoms with Gasteiger partial charge in [0, 0.05) is 37.2 Å². The monoisotopic (exact) mass is 296 g/mol. The highest BCUT2D eigenvalue weighted by Gasteiger charge is 2.14. The van der Waals surface area contributed by atoms with Gasteiger partial charge in [-0.15, -0.1) is 0 Å². The van der Waals surface area contributed by atoms with Crippen molar-refractivity contribution in [1.29, 1.82) is 0 Å². The van der Waals surface area contributed by atoms with Gasteiger partial charge in [-0.2, -0.15) is 0 Å². The van der Waals surface area contributed by atoms with Crippen LogP contribution in [0.25, 0.3) is 0 Å². The van der Waals surface area contributed by atoms with Crippen LogP contribution in [0, 0.1) is 0 Å². The van der Waals surface area contributed by atoms with Gasteiger partial charge >= 0.3 is 0 Å². The minimum Gasteiger partial charge on any atom is -0.343 e. The van der Waals surface area contributed by atoms with E-state index in [0.717, 1.165) is 50.0 Å². The van der Waals surface area contributed by atoms with Gasteiger partial charge in [-0.25, -0.2) is 0 Å². The molecule has 0 unspecified atom stereocenters. The average Bonchev–Trinajstić information content (AvgIpc) is 2.39. The highest BCUT2D eigenvalue weighted by molar-refractivity contribution is 9.10. The first-order valence-electron chi connectivity index (χ1n) is 5.94. The Morgan fingerprint density at radius 2 is 1.76 bits per heavy atom. The maximum atomic E-state index is 10.6. The van der Waals surface area contributed by atoms with E-state index in [1.54, 1.807) is 0 Å². The van der Waals surface area contributed by atoms with Crippen molar-refractivity contribution in [2.45, 2.75) is 6.42 Å². The molecule has 0 aliphatic carbocycles. The molecule has 0 N–H and O–H groups in total. The third kappa shape index (κ3) is 3.82. The number of hydrogen-bond donors (Lipinski definition) is 0. The molecular formula is C13H17BrN2O. The molecule has 0 spiro atoms. The third-order valence-corrected chi connectivity index (χ3v) is 3.71. The molecule has 3 nitrogen and oxygen atoms in total. The quantitative estimate of drug-likeness (QED) is 0.791. The van der Waals surface area contributed by atoms with Gasteiger partial charge in [-0.1, -0.05) is 28.1 Å². The SMILES string of the molecule is O=CN1CCN(CCc2ccc(Br)cc2)CC1. The maximum Gasteiger partial charge on any atom is 0.209 e. The van der Waals surface area contributed by atoms with Crippen molar-refractivity contribution >= 4 is 22.3 Å². The fourth-order valence-corrected chi connectivity index (χ4v) is 2.29. The lowest BCUT2D eigenvalue weighted by atomic mass is 10.1. The van der Waals surface area contributed by atoms with Crippen LogP contribution in [0.3, 0.4) is 0 Å². The van der Waals surface area contributed by atoms with Crippen LogP contribution in [0.4, 0.5) is 0 Å². The Kier molecular flexibility index (Phi) is 4.57. The molecular weight excluding hydrogens is 280 g/mol. The highest BCUT2D eigenvalue weighted by atomic mass is 79.9. The molecule has 1 amide bonds. The number of carbonyl (C=O) groups is 1. The Hall–Kier alpha value is -0.870. The molecule has 1 aliphatic heterocycles. The first-order chi connectivity index (χ1) is 8.28. The zero-order valence-electron chi connectivity index (χ0n) is 9.81. The largest absolute Gasteiger partial charge is 0.343 e. The van der Waals surface area contributed by atoms with Crippen molar-refractivity contribution in [2.24, 2.45) is 0 Å². The number of hydrogen-bond acceptors (Lipinski definition) is 2. The van der Waals surface area contributed by atoms with Gasteiger partial charge < -0.3 is 4.90 Å². The van der Waals surface area contributed by atoms with E-state index in [4.69, 9.17) is 0 Å². The molecule has 0 saturated carbocycles. The summed E-state index contributed by atoms with van der Waals surface area (Å²) in [5.74, 6) is 0. The normalized spacial score (nSPS) is 17.1. The Morgan fingerprint density at radius 1 is 1.12 bits per heavy atom. The second-order valence-corrected chi connectivity index (χ2v) is 5.28. The number of amides is 1. The fraction of sp³-hybridized carbons (Fsp3) is 0.462. The molecule has 0 radical (unpaired) electrons. The van der Waals surface area contributed by atoms with Gasteiger partial charge in [0.15, 0.2) is 0 Å². The van der Waals surface area contributed by atoms with Gasteiger partial charge in [-0.05, 0) is 24.1 Å². The molecule has 4 heteroatoms. The number of halogens is 1. The van der Waals surface area contributed by atoms with Crippen molar-refractivity contribution in [3.63, 3.8) is 0 Å². The predicted octanol–water partition coefficient (Wildman–Crippen LogP) is 1.77. The van der Waals surface area contributed by atoms with E-state index in [2.05, 4.69) is 45.1 Å². The Labute approximate surface area is 111 Å². The smallest absolute Gasteiger partial charge is 0.209 e. The lowest BCUT2D eigenvalue weighted by Gasteiger charge is -2.32. The molecule has 1 heterocycles. The Balaban J connectivity index is 1.75. The Bertz CT molecular complexity index is 358. The summed E-state index contributed by atoms with van der Waals surface area (Å²) in [6, 6.07) is 8.48. The molecule has 0 aromatic heterocycles. The summed E-state index contributed by atoms with van der Waals surface area (Å²) >= 11 is 3.44. The van der Waals surface area contributed by atoms with Crippen LogP contribution in [0.1, 0.15) is 5.56 Å². The van der Waals surface area contributed by atoms with Crippen LogP contribution in [0.15, 0.2) is 28.7 Å².